The molecule has 0 fully saturated rings. The summed E-state index contributed by atoms with van der Waals surface area (Å²) in [7, 11) is 0. The van der Waals surface area contributed by atoms with Crippen LogP contribution in [0.5, 0.6) is 5.75 Å². The molecule has 5 heteroatoms. The van der Waals surface area contributed by atoms with Gasteiger partial charge in [0.2, 0.25) is 0 Å². The van der Waals surface area contributed by atoms with Gasteiger partial charge in [-0.3, -0.25) is 4.79 Å². The van der Waals surface area contributed by atoms with E-state index in [-0.39, 0.29) is 29.1 Å². The van der Waals surface area contributed by atoms with E-state index in [1.807, 2.05) is 0 Å². The van der Waals surface area contributed by atoms with Gasteiger partial charge in [-0.05, 0) is 19.9 Å². The number of rotatable bonds is 3. The van der Waals surface area contributed by atoms with Gasteiger partial charge in [-0.1, -0.05) is 15.9 Å². The van der Waals surface area contributed by atoms with Crippen LogP contribution in [0.3, 0.4) is 0 Å². The summed E-state index contributed by atoms with van der Waals surface area (Å²) in [6.45, 7) is 3.36. The van der Waals surface area contributed by atoms with E-state index in [0.717, 1.165) is 6.07 Å². The summed E-state index contributed by atoms with van der Waals surface area (Å²) in [6, 6.07) is 3.71. The molecule has 0 atom stereocenters. The second-order valence-corrected chi connectivity index (χ2v) is 6.13. The Hall–Kier alpha value is -1.41. The minimum absolute atomic E-state index is 0.0565. The first-order chi connectivity index (χ1) is 7.75. The molecule has 0 aliphatic rings. The zero-order valence-electron chi connectivity index (χ0n) is 9.42. The highest BCUT2D eigenvalue weighted by atomic mass is 79.9. The van der Waals surface area contributed by atoms with Crippen LogP contribution in [-0.4, -0.2) is 15.2 Å². The Morgan fingerprint density at radius 2 is 2.18 bits per heavy atom. The predicted molar refractivity (Wildman–Crippen MR) is 64.5 cm³/mol. The second kappa shape index (κ2) is 4.84. The number of benzene rings is 1. The maximum absolute atomic E-state index is 13.1. The lowest BCUT2D eigenvalue weighted by atomic mass is 9.98. The molecular weight excluding hydrogens is 289 g/mol. The molecule has 0 aromatic heterocycles. The lowest BCUT2D eigenvalue weighted by Crippen LogP contribution is -2.25. The molecule has 0 unspecified atom stereocenters. The molecule has 1 rings (SSSR count). The Labute approximate surface area is 107 Å². The van der Waals surface area contributed by atoms with Gasteiger partial charge < -0.3 is 5.11 Å². The lowest BCUT2D eigenvalue weighted by Gasteiger charge is -2.15. The Balaban J connectivity index is 3.09. The summed E-state index contributed by atoms with van der Waals surface area (Å²) in [5.74, 6) is -1.27. The van der Waals surface area contributed by atoms with Crippen LogP contribution < -0.4 is 0 Å². The molecule has 0 aliphatic heterocycles. The first kappa shape index (κ1) is 13.7. The highest BCUT2D eigenvalue weighted by Crippen LogP contribution is 2.25. The van der Waals surface area contributed by atoms with Gasteiger partial charge in [0.15, 0.2) is 5.78 Å². The summed E-state index contributed by atoms with van der Waals surface area (Å²) in [5, 5.41) is 18.2. The topological polar surface area (TPSA) is 61.1 Å². The van der Waals surface area contributed by atoms with E-state index in [4.69, 9.17) is 5.26 Å². The lowest BCUT2D eigenvalue weighted by molar-refractivity contribution is -0.119. The Morgan fingerprint density at radius 3 is 2.65 bits per heavy atom. The molecule has 90 valence electrons. The summed E-state index contributed by atoms with van der Waals surface area (Å²) in [5.41, 5.74) is 0.0680. The normalized spacial score (nSPS) is 11.0. The first-order valence-corrected chi connectivity index (χ1v) is 5.68. The number of hydrogen-bond acceptors (Lipinski definition) is 3. The number of halogens is 2. The molecular formula is C12H11BrFNO2. The van der Waals surface area contributed by atoms with Crippen LogP contribution in [0.25, 0.3) is 0 Å². The van der Waals surface area contributed by atoms with E-state index in [1.54, 1.807) is 19.9 Å². The summed E-state index contributed by atoms with van der Waals surface area (Å²) < 4.78 is 12.4. The van der Waals surface area contributed by atoms with Gasteiger partial charge in [0, 0.05) is 18.1 Å². The van der Waals surface area contributed by atoms with E-state index in [9.17, 15) is 14.3 Å². The molecule has 0 saturated heterocycles. The Morgan fingerprint density at radius 1 is 1.59 bits per heavy atom. The van der Waals surface area contributed by atoms with Crippen molar-refractivity contribution in [3.8, 4) is 11.8 Å². The number of carbonyl (C=O) groups excluding carboxylic acids is 1. The van der Waals surface area contributed by atoms with Crippen molar-refractivity contribution in [3.05, 3.63) is 29.1 Å². The fourth-order valence-electron chi connectivity index (χ4n) is 1.22. The summed E-state index contributed by atoms with van der Waals surface area (Å²) >= 11 is 3.21. The highest BCUT2D eigenvalue weighted by molar-refractivity contribution is 9.10. The fraction of sp³-hybridized carbons (Fsp3) is 0.333. The summed E-state index contributed by atoms with van der Waals surface area (Å²) in [6.07, 6.45) is -0.0565. The number of hydrogen-bond donors (Lipinski definition) is 1. The number of aromatic hydroxyl groups is 1. The molecule has 0 aliphatic carbocycles. The third kappa shape index (κ3) is 3.27. The van der Waals surface area contributed by atoms with Crippen LogP contribution >= 0.6 is 15.9 Å². The fourth-order valence-corrected chi connectivity index (χ4v) is 1.36. The molecule has 1 aromatic carbocycles. The molecule has 0 bridgehead atoms. The van der Waals surface area contributed by atoms with Crippen molar-refractivity contribution in [2.45, 2.75) is 24.6 Å². The van der Waals surface area contributed by atoms with Crippen molar-refractivity contribution in [1.29, 1.82) is 5.26 Å². The number of carbonyl (C=O) groups is 1. The molecule has 1 aromatic rings. The largest absolute Gasteiger partial charge is 0.508 e. The van der Waals surface area contributed by atoms with Gasteiger partial charge in [0.1, 0.15) is 17.6 Å². The van der Waals surface area contributed by atoms with E-state index < -0.39 is 10.1 Å². The van der Waals surface area contributed by atoms with Gasteiger partial charge in [0.25, 0.3) is 0 Å². The minimum atomic E-state index is -0.792. The number of Topliss-reactive ketones (excluding diaryl/α,β-unsaturated/α-hetero) is 1. The summed E-state index contributed by atoms with van der Waals surface area (Å²) in [4.78, 5) is 11.7. The van der Waals surface area contributed by atoms with Gasteiger partial charge in [0.05, 0.1) is 9.89 Å². The number of ketones is 1. The van der Waals surface area contributed by atoms with Crippen LogP contribution in [0.4, 0.5) is 4.39 Å². The molecule has 0 saturated carbocycles. The van der Waals surface area contributed by atoms with Crippen LogP contribution in [0, 0.1) is 17.1 Å². The van der Waals surface area contributed by atoms with Gasteiger partial charge >= 0.3 is 0 Å². The van der Waals surface area contributed by atoms with Crippen molar-refractivity contribution in [3.63, 3.8) is 0 Å². The smallest absolute Gasteiger partial charge is 0.153 e. The van der Waals surface area contributed by atoms with Gasteiger partial charge in [-0.15, -0.1) is 0 Å². The van der Waals surface area contributed by atoms with Gasteiger partial charge in [-0.25, -0.2) is 4.39 Å². The third-order valence-corrected chi connectivity index (χ3v) is 2.75. The van der Waals surface area contributed by atoms with Crippen molar-refractivity contribution in [1.82, 2.24) is 0 Å². The van der Waals surface area contributed by atoms with Crippen molar-refractivity contribution in [2.24, 2.45) is 0 Å². The monoisotopic (exact) mass is 299 g/mol. The maximum atomic E-state index is 13.1. The molecule has 0 amide bonds. The number of nitrogens with zero attached hydrogens (tertiary/aromatic N) is 1. The number of nitriles is 1. The molecule has 0 radical (unpaired) electrons. The molecule has 0 heterocycles. The predicted octanol–water partition coefficient (Wildman–Crippen LogP) is 2.69. The number of phenols is 1. The van der Waals surface area contributed by atoms with Crippen LogP contribution in [0.2, 0.25) is 0 Å². The SMILES string of the molecule is CC(C)(Br)C(=O)Cc1cc(C#N)c(F)cc1O. The van der Waals surface area contributed by atoms with Crippen LogP contribution in [-0.2, 0) is 11.2 Å². The quantitative estimate of drug-likeness (QED) is 0.873. The average Bonchev–Trinajstić information content (AvgIpc) is 2.20. The Kier molecular flexibility index (Phi) is 3.89. The first-order valence-electron chi connectivity index (χ1n) is 4.89. The van der Waals surface area contributed by atoms with Crippen LogP contribution in [0.15, 0.2) is 12.1 Å². The van der Waals surface area contributed by atoms with E-state index in [0.29, 0.717) is 0 Å². The molecule has 0 spiro atoms. The number of phenolic OH excluding ortho intramolecular Hbond substituents is 1. The Bertz CT molecular complexity index is 500. The van der Waals surface area contributed by atoms with Crippen LogP contribution in [0.1, 0.15) is 25.0 Å². The standard InChI is InChI=1S/C12H11BrFNO2/c1-12(2,13)11(17)4-7-3-8(6-15)9(14)5-10(7)16/h3,5,16H,4H2,1-2H3. The van der Waals surface area contributed by atoms with E-state index in [1.165, 1.54) is 6.07 Å². The highest BCUT2D eigenvalue weighted by Gasteiger charge is 2.24. The third-order valence-electron chi connectivity index (χ3n) is 2.30. The van der Waals surface area contributed by atoms with Crippen molar-refractivity contribution >= 4 is 21.7 Å². The minimum Gasteiger partial charge on any atom is -0.508 e. The molecule has 17 heavy (non-hydrogen) atoms. The zero-order valence-corrected chi connectivity index (χ0v) is 11.0. The van der Waals surface area contributed by atoms with E-state index in [2.05, 4.69) is 15.9 Å². The molecule has 3 nitrogen and oxygen atoms in total. The average molecular weight is 300 g/mol. The van der Waals surface area contributed by atoms with Gasteiger partial charge in [-0.2, -0.15) is 5.26 Å². The molecule has 1 N–H and O–H groups in total. The van der Waals surface area contributed by atoms with E-state index >= 15 is 0 Å². The maximum Gasteiger partial charge on any atom is 0.153 e. The number of alkyl halides is 1. The van der Waals surface area contributed by atoms with Crippen molar-refractivity contribution in [2.75, 3.05) is 0 Å². The zero-order chi connectivity index (χ0) is 13.2. The second-order valence-electron chi connectivity index (χ2n) is 4.14. The van der Waals surface area contributed by atoms with Crippen molar-refractivity contribution < 1.29 is 14.3 Å².